The second kappa shape index (κ2) is 9.81. The van der Waals surface area contributed by atoms with Crippen LogP contribution in [0, 0.1) is 5.92 Å². The molecule has 0 amide bonds. The second-order valence-electron chi connectivity index (χ2n) is 6.52. The number of hydrogen-bond donors (Lipinski definition) is 3. The largest absolute Gasteiger partial charge is 0.490 e. The molecular weight excluding hydrogens is 417 g/mol. The quantitative estimate of drug-likeness (QED) is 0.643. The Bertz CT molecular complexity index is 834. The number of carboxylic acid groups (broad SMARTS) is 2. The van der Waals surface area contributed by atoms with E-state index in [0.29, 0.717) is 11.6 Å². The van der Waals surface area contributed by atoms with Crippen LogP contribution >= 0.6 is 0 Å². The molecule has 0 aliphatic carbocycles. The maximum Gasteiger partial charge on any atom is 0.490 e. The molecule has 0 unspecified atom stereocenters. The number of nitrogens with one attached hydrogen (secondary N) is 1. The van der Waals surface area contributed by atoms with E-state index >= 15 is 0 Å². The lowest BCUT2D eigenvalue weighted by Crippen LogP contribution is -2.33. The summed E-state index contributed by atoms with van der Waals surface area (Å²) in [6, 6.07) is 4.70. The van der Waals surface area contributed by atoms with Crippen molar-refractivity contribution in [3.8, 4) is 0 Å². The Morgan fingerprint density at radius 3 is 2.14 bits per heavy atom. The Balaban J connectivity index is 0.000000516. The summed E-state index contributed by atoms with van der Waals surface area (Å²) < 4.78 is 57.3. The molecule has 1 aromatic rings. The first kappa shape index (κ1) is 24.5. The number of hydrogen-bond acceptors (Lipinski definition) is 5. The Labute approximate surface area is 166 Å². The zero-order valence-electron chi connectivity index (χ0n) is 15.9. The lowest BCUT2D eigenvalue weighted by atomic mass is 9.98. The molecular formula is C17H23F3N2O6S. The molecule has 0 radical (unpaired) electrons. The van der Waals surface area contributed by atoms with Gasteiger partial charge in [-0.2, -0.15) is 13.2 Å². The molecule has 0 bridgehead atoms. The van der Waals surface area contributed by atoms with E-state index in [-0.39, 0.29) is 17.0 Å². The van der Waals surface area contributed by atoms with Crippen LogP contribution in [0.25, 0.3) is 0 Å². The van der Waals surface area contributed by atoms with Crippen molar-refractivity contribution in [2.75, 3.05) is 28.5 Å². The summed E-state index contributed by atoms with van der Waals surface area (Å²) in [4.78, 5) is 22.5. The molecule has 1 aliphatic heterocycles. The van der Waals surface area contributed by atoms with Crippen molar-refractivity contribution in [1.29, 1.82) is 0 Å². The van der Waals surface area contributed by atoms with Gasteiger partial charge in [0.05, 0.1) is 17.0 Å². The number of carbonyl (C=O) groups is 2. The molecule has 1 saturated heterocycles. The van der Waals surface area contributed by atoms with Crippen molar-refractivity contribution < 1.29 is 41.4 Å². The van der Waals surface area contributed by atoms with E-state index in [9.17, 15) is 31.5 Å². The number of alkyl halides is 3. The van der Waals surface area contributed by atoms with E-state index in [1.807, 2.05) is 0 Å². The number of halogens is 3. The highest BCUT2D eigenvalue weighted by molar-refractivity contribution is 7.92. The first-order valence-corrected chi connectivity index (χ1v) is 10.3. The third-order valence-corrected chi connectivity index (χ3v) is 5.55. The molecule has 12 heteroatoms. The SMILES string of the molecule is CCS(=O)(=O)Nc1ccc(N2CCC(C)CC2)c(C(=O)O)c1.O=C(O)C(F)(F)F. The third kappa shape index (κ3) is 7.80. The molecule has 0 aromatic heterocycles. The number of benzene rings is 1. The lowest BCUT2D eigenvalue weighted by molar-refractivity contribution is -0.192. The number of carboxylic acids is 2. The van der Waals surface area contributed by atoms with Crippen LogP contribution in [0.5, 0.6) is 0 Å². The fourth-order valence-corrected chi connectivity index (χ4v) is 3.18. The highest BCUT2D eigenvalue weighted by Gasteiger charge is 2.38. The van der Waals surface area contributed by atoms with Gasteiger partial charge in [0.2, 0.25) is 10.0 Å². The van der Waals surface area contributed by atoms with Gasteiger partial charge in [0.25, 0.3) is 0 Å². The van der Waals surface area contributed by atoms with Gasteiger partial charge in [-0.15, -0.1) is 0 Å². The average molecular weight is 440 g/mol. The van der Waals surface area contributed by atoms with E-state index in [0.717, 1.165) is 25.9 Å². The average Bonchev–Trinajstić information content (AvgIpc) is 2.62. The van der Waals surface area contributed by atoms with E-state index in [4.69, 9.17) is 9.90 Å². The van der Waals surface area contributed by atoms with Gasteiger partial charge in [0, 0.05) is 18.8 Å². The molecule has 8 nitrogen and oxygen atoms in total. The summed E-state index contributed by atoms with van der Waals surface area (Å²) in [6.45, 7) is 5.37. The molecule has 164 valence electrons. The first-order chi connectivity index (χ1) is 13.3. The fourth-order valence-electron chi connectivity index (χ4n) is 2.55. The van der Waals surface area contributed by atoms with E-state index in [1.54, 1.807) is 12.1 Å². The predicted octanol–water partition coefficient (Wildman–Crippen LogP) is 3.02. The van der Waals surface area contributed by atoms with Crippen molar-refractivity contribution in [3.63, 3.8) is 0 Å². The monoisotopic (exact) mass is 440 g/mol. The lowest BCUT2D eigenvalue weighted by Gasteiger charge is -2.33. The molecule has 1 aliphatic rings. The summed E-state index contributed by atoms with van der Waals surface area (Å²) in [6.07, 6.45) is -3.02. The van der Waals surface area contributed by atoms with Gasteiger partial charge < -0.3 is 15.1 Å². The van der Waals surface area contributed by atoms with E-state index in [2.05, 4.69) is 16.5 Å². The van der Waals surface area contributed by atoms with Crippen LogP contribution in [0.3, 0.4) is 0 Å². The molecule has 0 saturated carbocycles. The summed E-state index contributed by atoms with van der Waals surface area (Å²) in [5, 5.41) is 16.5. The summed E-state index contributed by atoms with van der Waals surface area (Å²) >= 11 is 0. The number of nitrogens with zero attached hydrogens (tertiary/aromatic N) is 1. The van der Waals surface area contributed by atoms with Gasteiger partial charge in [-0.3, -0.25) is 4.72 Å². The summed E-state index contributed by atoms with van der Waals surface area (Å²) in [5.74, 6) is -3.21. The minimum atomic E-state index is -5.08. The van der Waals surface area contributed by atoms with Gasteiger partial charge in [0.1, 0.15) is 0 Å². The van der Waals surface area contributed by atoms with Gasteiger partial charge in [-0.05, 0) is 43.9 Å². The van der Waals surface area contributed by atoms with Gasteiger partial charge in [0.15, 0.2) is 0 Å². The zero-order valence-corrected chi connectivity index (χ0v) is 16.7. The molecule has 3 N–H and O–H groups in total. The maximum absolute atomic E-state index is 11.6. The molecule has 1 fully saturated rings. The van der Waals surface area contributed by atoms with Crippen LogP contribution in [-0.4, -0.2) is 55.6 Å². The van der Waals surface area contributed by atoms with Gasteiger partial charge >= 0.3 is 18.1 Å². The summed E-state index contributed by atoms with van der Waals surface area (Å²) in [7, 11) is -3.42. The number of aliphatic carboxylic acids is 1. The number of sulfonamides is 1. The van der Waals surface area contributed by atoms with Crippen LogP contribution in [0.4, 0.5) is 24.5 Å². The third-order valence-electron chi connectivity index (χ3n) is 4.25. The van der Waals surface area contributed by atoms with Crippen molar-refractivity contribution in [1.82, 2.24) is 0 Å². The van der Waals surface area contributed by atoms with Crippen molar-refractivity contribution in [2.45, 2.75) is 32.9 Å². The molecule has 0 atom stereocenters. The number of rotatable bonds is 5. The smallest absolute Gasteiger partial charge is 0.478 e. The Kier molecular flexibility index (Phi) is 8.30. The normalized spacial score (nSPS) is 15.3. The second-order valence-corrected chi connectivity index (χ2v) is 8.53. The number of aromatic carboxylic acids is 1. The first-order valence-electron chi connectivity index (χ1n) is 8.69. The van der Waals surface area contributed by atoms with Crippen LogP contribution in [0.1, 0.15) is 37.0 Å². The highest BCUT2D eigenvalue weighted by Crippen LogP contribution is 2.29. The fraction of sp³-hybridized carbons (Fsp3) is 0.529. The summed E-state index contributed by atoms with van der Waals surface area (Å²) in [5.41, 5.74) is 1.07. The Morgan fingerprint density at radius 1 is 1.21 bits per heavy atom. The molecule has 0 spiro atoms. The Morgan fingerprint density at radius 2 is 1.72 bits per heavy atom. The minimum Gasteiger partial charge on any atom is -0.478 e. The Hall–Kier alpha value is -2.50. The topological polar surface area (TPSA) is 124 Å². The molecule has 2 rings (SSSR count). The van der Waals surface area contributed by atoms with Crippen LogP contribution < -0.4 is 9.62 Å². The van der Waals surface area contributed by atoms with Gasteiger partial charge in [-0.1, -0.05) is 6.92 Å². The standard InChI is InChI=1S/C15H22N2O4S.C2HF3O2/c1-3-22(20,21)16-12-4-5-14(13(10-12)15(18)19)17-8-6-11(2)7-9-17;3-2(4,5)1(6)7/h4-5,10-11,16H,3,6-9H2,1-2H3,(H,18,19);(H,6,7). The molecule has 1 heterocycles. The predicted molar refractivity (Wildman–Crippen MR) is 101 cm³/mol. The van der Waals surface area contributed by atoms with Crippen LogP contribution in [0.2, 0.25) is 0 Å². The number of piperidine rings is 1. The van der Waals surface area contributed by atoms with Crippen LogP contribution in [0.15, 0.2) is 18.2 Å². The molecule has 29 heavy (non-hydrogen) atoms. The van der Waals surface area contributed by atoms with Crippen molar-refractivity contribution >= 4 is 33.3 Å². The van der Waals surface area contributed by atoms with Crippen molar-refractivity contribution in [2.24, 2.45) is 5.92 Å². The molecule has 1 aromatic carbocycles. The van der Waals surface area contributed by atoms with Gasteiger partial charge in [-0.25, -0.2) is 18.0 Å². The zero-order chi connectivity index (χ0) is 22.4. The maximum atomic E-state index is 11.6. The van der Waals surface area contributed by atoms with E-state index < -0.39 is 28.1 Å². The van der Waals surface area contributed by atoms with E-state index in [1.165, 1.54) is 13.0 Å². The van der Waals surface area contributed by atoms with Crippen LogP contribution in [-0.2, 0) is 14.8 Å². The minimum absolute atomic E-state index is 0.0544. The van der Waals surface area contributed by atoms with Crippen molar-refractivity contribution in [3.05, 3.63) is 23.8 Å². The number of anilines is 2. The highest BCUT2D eigenvalue weighted by atomic mass is 32.2.